The number of aromatic nitrogens is 1. The van der Waals surface area contributed by atoms with Crippen molar-refractivity contribution in [3.63, 3.8) is 0 Å². The zero-order valence-electron chi connectivity index (χ0n) is 11.1. The topological polar surface area (TPSA) is 50.4 Å². The van der Waals surface area contributed by atoms with Gasteiger partial charge in [0.1, 0.15) is 0 Å². The van der Waals surface area contributed by atoms with Gasteiger partial charge in [0, 0.05) is 38.1 Å². The summed E-state index contributed by atoms with van der Waals surface area (Å²) < 4.78 is 7.07. The maximum atomic E-state index is 11.8. The van der Waals surface area contributed by atoms with Gasteiger partial charge >= 0.3 is 6.03 Å². The first-order chi connectivity index (χ1) is 9.25. The first-order valence-electron chi connectivity index (χ1n) is 6.36. The Labute approximate surface area is 112 Å². The molecule has 0 saturated heterocycles. The van der Waals surface area contributed by atoms with E-state index in [1.54, 1.807) is 24.5 Å². The molecule has 102 valence electrons. The quantitative estimate of drug-likeness (QED) is 0.811. The van der Waals surface area contributed by atoms with E-state index in [9.17, 15) is 4.79 Å². The molecule has 5 nitrogen and oxygen atoms in total. The summed E-state index contributed by atoms with van der Waals surface area (Å²) in [4.78, 5) is 13.4. The molecule has 0 fully saturated rings. The molecule has 2 rings (SSSR count). The molecule has 2 aromatic rings. The minimum Gasteiger partial charge on any atom is -0.472 e. The second kappa shape index (κ2) is 6.68. The third kappa shape index (κ3) is 4.21. The molecule has 0 bridgehead atoms. The Morgan fingerprint density at radius 3 is 2.89 bits per heavy atom. The van der Waals surface area contributed by atoms with Gasteiger partial charge in [0.15, 0.2) is 0 Å². The van der Waals surface area contributed by atoms with Crippen LogP contribution in [-0.4, -0.2) is 29.1 Å². The predicted molar refractivity (Wildman–Crippen MR) is 72.6 cm³/mol. The summed E-state index contributed by atoms with van der Waals surface area (Å²) in [6.45, 7) is 2.14. The van der Waals surface area contributed by atoms with Gasteiger partial charge in [0.25, 0.3) is 0 Å². The van der Waals surface area contributed by atoms with E-state index in [1.165, 1.54) is 0 Å². The number of aryl methyl sites for hydroxylation is 1. The number of hydrogen-bond donors (Lipinski definition) is 1. The van der Waals surface area contributed by atoms with Crippen molar-refractivity contribution >= 4 is 6.03 Å². The standard InChI is InChI=1S/C14H19N3O2/c1-16(11-13-5-10-19-12-13)14(18)15-6-4-9-17-7-2-3-8-17/h2-3,5,7-8,10,12H,4,6,9,11H2,1H3,(H,15,18). The number of furan rings is 1. The molecular weight excluding hydrogens is 242 g/mol. The van der Waals surface area contributed by atoms with E-state index >= 15 is 0 Å². The molecule has 2 heterocycles. The van der Waals surface area contributed by atoms with E-state index in [0.717, 1.165) is 18.5 Å². The van der Waals surface area contributed by atoms with Crippen molar-refractivity contribution in [3.05, 3.63) is 48.7 Å². The molecule has 5 heteroatoms. The number of carbonyl (C=O) groups excluding carboxylic acids is 1. The van der Waals surface area contributed by atoms with E-state index in [2.05, 4.69) is 9.88 Å². The lowest BCUT2D eigenvalue weighted by molar-refractivity contribution is 0.206. The number of carbonyl (C=O) groups is 1. The molecule has 0 unspecified atom stereocenters. The lowest BCUT2D eigenvalue weighted by Gasteiger charge is -2.17. The van der Waals surface area contributed by atoms with Crippen molar-refractivity contribution in [1.82, 2.24) is 14.8 Å². The van der Waals surface area contributed by atoms with Crippen LogP contribution in [-0.2, 0) is 13.1 Å². The van der Waals surface area contributed by atoms with Crippen LogP contribution in [0.3, 0.4) is 0 Å². The van der Waals surface area contributed by atoms with Crippen LogP contribution in [0.25, 0.3) is 0 Å². The van der Waals surface area contributed by atoms with Crippen molar-refractivity contribution < 1.29 is 9.21 Å². The summed E-state index contributed by atoms with van der Waals surface area (Å²) in [6.07, 6.45) is 8.22. The number of rotatable bonds is 6. The molecule has 19 heavy (non-hydrogen) atoms. The Balaban J connectivity index is 1.63. The van der Waals surface area contributed by atoms with Gasteiger partial charge in [-0.05, 0) is 24.6 Å². The van der Waals surface area contributed by atoms with Gasteiger partial charge in [-0.15, -0.1) is 0 Å². The zero-order chi connectivity index (χ0) is 13.5. The second-order valence-electron chi connectivity index (χ2n) is 4.49. The number of urea groups is 1. The van der Waals surface area contributed by atoms with E-state index in [-0.39, 0.29) is 6.03 Å². The van der Waals surface area contributed by atoms with Gasteiger partial charge < -0.3 is 19.2 Å². The summed E-state index contributed by atoms with van der Waals surface area (Å²) >= 11 is 0. The fourth-order valence-electron chi connectivity index (χ4n) is 1.84. The van der Waals surface area contributed by atoms with E-state index < -0.39 is 0 Å². The van der Waals surface area contributed by atoms with Crippen molar-refractivity contribution in [2.45, 2.75) is 19.5 Å². The van der Waals surface area contributed by atoms with Gasteiger partial charge in [-0.2, -0.15) is 0 Å². The molecule has 2 aromatic heterocycles. The minimum atomic E-state index is -0.0614. The summed E-state index contributed by atoms with van der Waals surface area (Å²) in [5.41, 5.74) is 0.991. The molecule has 0 aliphatic rings. The lowest BCUT2D eigenvalue weighted by Crippen LogP contribution is -2.37. The summed E-state index contributed by atoms with van der Waals surface area (Å²) in [5.74, 6) is 0. The monoisotopic (exact) mass is 261 g/mol. The Bertz CT molecular complexity index is 477. The van der Waals surface area contributed by atoms with E-state index in [1.807, 2.05) is 30.6 Å². The third-order valence-corrected chi connectivity index (χ3v) is 2.88. The number of amides is 2. The molecule has 0 aliphatic carbocycles. The predicted octanol–water partition coefficient (Wildman–Crippen LogP) is 2.31. The summed E-state index contributed by atoms with van der Waals surface area (Å²) in [6, 6.07) is 5.79. The maximum absolute atomic E-state index is 11.8. The SMILES string of the molecule is CN(Cc1ccoc1)C(=O)NCCCn1cccc1. The van der Waals surface area contributed by atoms with E-state index in [4.69, 9.17) is 4.42 Å². The fraction of sp³-hybridized carbons (Fsp3) is 0.357. The normalized spacial score (nSPS) is 10.4. The molecule has 0 aromatic carbocycles. The van der Waals surface area contributed by atoms with Crippen LogP contribution in [0.1, 0.15) is 12.0 Å². The number of nitrogens with zero attached hydrogens (tertiary/aromatic N) is 2. The van der Waals surface area contributed by atoms with Crippen molar-refractivity contribution in [3.8, 4) is 0 Å². The molecule has 0 atom stereocenters. The highest BCUT2D eigenvalue weighted by Gasteiger charge is 2.08. The van der Waals surface area contributed by atoms with Crippen LogP contribution >= 0.6 is 0 Å². The van der Waals surface area contributed by atoms with Crippen LogP contribution in [0.2, 0.25) is 0 Å². The Kier molecular flexibility index (Phi) is 4.66. The van der Waals surface area contributed by atoms with Crippen LogP contribution in [0, 0.1) is 0 Å². The van der Waals surface area contributed by atoms with Crippen LogP contribution in [0.15, 0.2) is 47.5 Å². The van der Waals surface area contributed by atoms with Crippen LogP contribution in [0.4, 0.5) is 4.79 Å². The van der Waals surface area contributed by atoms with Crippen molar-refractivity contribution in [2.75, 3.05) is 13.6 Å². The largest absolute Gasteiger partial charge is 0.472 e. The number of nitrogens with one attached hydrogen (secondary N) is 1. The fourth-order valence-corrected chi connectivity index (χ4v) is 1.84. The first kappa shape index (κ1) is 13.3. The van der Waals surface area contributed by atoms with E-state index in [0.29, 0.717) is 13.1 Å². The van der Waals surface area contributed by atoms with Crippen LogP contribution in [0.5, 0.6) is 0 Å². The average molecular weight is 261 g/mol. The molecule has 1 N–H and O–H groups in total. The molecule has 0 spiro atoms. The van der Waals surface area contributed by atoms with Gasteiger partial charge in [-0.1, -0.05) is 0 Å². The highest BCUT2D eigenvalue weighted by Crippen LogP contribution is 2.03. The molecule has 2 amide bonds. The molecule has 0 radical (unpaired) electrons. The third-order valence-electron chi connectivity index (χ3n) is 2.88. The minimum absolute atomic E-state index is 0.0614. The smallest absolute Gasteiger partial charge is 0.317 e. The van der Waals surface area contributed by atoms with Crippen molar-refractivity contribution in [1.29, 1.82) is 0 Å². The van der Waals surface area contributed by atoms with Crippen molar-refractivity contribution in [2.24, 2.45) is 0 Å². The highest BCUT2D eigenvalue weighted by atomic mass is 16.3. The lowest BCUT2D eigenvalue weighted by atomic mass is 10.3. The Morgan fingerprint density at radius 2 is 2.21 bits per heavy atom. The molecule has 0 aliphatic heterocycles. The van der Waals surface area contributed by atoms with Gasteiger partial charge in [-0.3, -0.25) is 0 Å². The Morgan fingerprint density at radius 1 is 1.42 bits per heavy atom. The molecule has 0 saturated carbocycles. The summed E-state index contributed by atoms with van der Waals surface area (Å²) in [5, 5.41) is 2.90. The van der Waals surface area contributed by atoms with Gasteiger partial charge in [0.05, 0.1) is 19.1 Å². The first-order valence-corrected chi connectivity index (χ1v) is 6.36. The zero-order valence-corrected chi connectivity index (χ0v) is 11.1. The number of hydrogen-bond acceptors (Lipinski definition) is 2. The highest BCUT2D eigenvalue weighted by molar-refractivity contribution is 5.73. The summed E-state index contributed by atoms with van der Waals surface area (Å²) in [7, 11) is 1.77. The average Bonchev–Trinajstić information content (AvgIpc) is 3.07. The maximum Gasteiger partial charge on any atom is 0.317 e. The van der Waals surface area contributed by atoms with Gasteiger partial charge in [-0.25, -0.2) is 4.79 Å². The van der Waals surface area contributed by atoms with Crippen LogP contribution < -0.4 is 5.32 Å². The van der Waals surface area contributed by atoms with Gasteiger partial charge in [0.2, 0.25) is 0 Å². The second-order valence-corrected chi connectivity index (χ2v) is 4.49. The Hall–Kier alpha value is -2.17. The molecular formula is C14H19N3O2.